The summed E-state index contributed by atoms with van der Waals surface area (Å²) in [6, 6.07) is 10.6. The maximum Gasteiger partial charge on any atom is 0.243 e. The molecule has 0 bridgehead atoms. The third-order valence-electron chi connectivity index (χ3n) is 5.88. The largest absolute Gasteiger partial charge is 0.330 e. The van der Waals surface area contributed by atoms with E-state index >= 15 is 0 Å². The van der Waals surface area contributed by atoms with Gasteiger partial charge in [-0.2, -0.15) is 0 Å². The predicted molar refractivity (Wildman–Crippen MR) is 119 cm³/mol. The Labute approximate surface area is 178 Å². The number of fused-ring (bicyclic) bond motifs is 1. The summed E-state index contributed by atoms with van der Waals surface area (Å²) in [4.78, 5) is 31.3. The Morgan fingerprint density at radius 1 is 1.17 bits per heavy atom. The quantitative estimate of drug-likeness (QED) is 0.683. The first kappa shape index (κ1) is 21.6. The molecule has 1 aliphatic rings. The minimum absolute atomic E-state index is 0.0294. The zero-order valence-electron chi connectivity index (χ0n) is 18.1. The van der Waals surface area contributed by atoms with Gasteiger partial charge in [0.15, 0.2) is 0 Å². The van der Waals surface area contributed by atoms with Crippen molar-refractivity contribution in [2.45, 2.75) is 59.5 Å². The number of benzene rings is 1. The standard InChI is InChI=1S/C24H32N2O2S/c1-6-18(5)26(24(28)16(2)3)15-22(27)25-13-11-21-20(12-14-29-21)23(25)19-9-7-17(4)8-10-19/h7-10,12,14,16,18,23H,6,11,13,15H2,1-5H3/t18-,23-/m0/s1. The molecule has 3 rings (SSSR count). The van der Waals surface area contributed by atoms with E-state index in [2.05, 4.69) is 49.6 Å². The molecule has 5 heteroatoms. The van der Waals surface area contributed by atoms with E-state index in [9.17, 15) is 9.59 Å². The van der Waals surface area contributed by atoms with Gasteiger partial charge < -0.3 is 9.80 Å². The number of thiophene rings is 1. The zero-order chi connectivity index (χ0) is 21.1. The molecule has 0 spiro atoms. The van der Waals surface area contributed by atoms with E-state index in [0.717, 1.165) is 18.4 Å². The van der Waals surface area contributed by atoms with Crippen LogP contribution in [-0.4, -0.2) is 40.7 Å². The highest BCUT2D eigenvalue weighted by molar-refractivity contribution is 7.10. The van der Waals surface area contributed by atoms with E-state index in [-0.39, 0.29) is 36.4 Å². The molecule has 0 fully saturated rings. The molecule has 0 N–H and O–H groups in total. The minimum atomic E-state index is -0.116. The first-order chi connectivity index (χ1) is 13.8. The number of hydrogen-bond acceptors (Lipinski definition) is 3. The monoisotopic (exact) mass is 412 g/mol. The predicted octanol–water partition coefficient (Wildman–Crippen LogP) is 4.81. The second kappa shape index (κ2) is 9.12. The molecular formula is C24H32N2O2S. The van der Waals surface area contributed by atoms with Gasteiger partial charge in [0.25, 0.3) is 0 Å². The van der Waals surface area contributed by atoms with Crippen molar-refractivity contribution in [2.24, 2.45) is 5.92 Å². The van der Waals surface area contributed by atoms with Crippen LogP contribution in [0.4, 0.5) is 0 Å². The van der Waals surface area contributed by atoms with E-state index < -0.39 is 0 Å². The van der Waals surface area contributed by atoms with Crippen molar-refractivity contribution in [1.82, 2.24) is 9.80 Å². The van der Waals surface area contributed by atoms with Crippen LogP contribution in [0.3, 0.4) is 0 Å². The number of hydrogen-bond donors (Lipinski definition) is 0. The van der Waals surface area contributed by atoms with Crippen LogP contribution in [0.5, 0.6) is 0 Å². The van der Waals surface area contributed by atoms with Gasteiger partial charge in [-0.15, -0.1) is 11.3 Å². The molecule has 1 aromatic heterocycles. The third kappa shape index (κ3) is 4.55. The lowest BCUT2D eigenvalue weighted by molar-refractivity contribution is -0.145. The van der Waals surface area contributed by atoms with Gasteiger partial charge in [-0.25, -0.2) is 0 Å². The highest BCUT2D eigenvalue weighted by Gasteiger charge is 2.34. The SMILES string of the molecule is CC[C@H](C)N(CC(=O)N1CCc2sccc2[C@@H]1c1ccc(C)cc1)C(=O)C(C)C. The Morgan fingerprint density at radius 2 is 1.86 bits per heavy atom. The average molecular weight is 413 g/mol. The summed E-state index contributed by atoms with van der Waals surface area (Å²) in [5, 5.41) is 2.12. The summed E-state index contributed by atoms with van der Waals surface area (Å²) < 4.78 is 0. The number of rotatable bonds is 6. The molecule has 29 heavy (non-hydrogen) atoms. The molecular weight excluding hydrogens is 380 g/mol. The summed E-state index contributed by atoms with van der Waals surface area (Å²) >= 11 is 1.77. The zero-order valence-corrected chi connectivity index (χ0v) is 19.0. The lowest BCUT2D eigenvalue weighted by Crippen LogP contribution is -2.50. The number of nitrogens with zero attached hydrogens (tertiary/aromatic N) is 2. The van der Waals surface area contributed by atoms with Crippen LogP contribution in [0.2, 0.25) is 0 Å². The van der Waals surface area contributed by atoms with Gasteiger partial charge in [0.05, 0.1) is 6.04 Å². The topological polar surface area (TPSA) is 40.6 Å². The van der Waals surface area contributed by atoms with Gasteiger partial charge in [-0.1, -0.05) is 50.6 Å². The smallest absolute Gasteiger partial charge is 0.243 e. The first-order valence-corrected chi connectivity index (χ1v) is 11.4. The van der Waals surface area contributed by atoms with Crippen molar-refractivity contribution in [3.05, 3.63) is 57.3 Å². The van der Waals surface area contributed by atoms with Crippen molar-refractivity contribution in [3.8, 4) is 0 Å². The maximum absolute atomic E-state index is 13.5. The summed E-state index contributed by atoms with van der Waals surface area (Å²) in [7, 11) is 0. The second-order valence-electron chi connectivity index (χ2n) is 8.33. The molecule has 1 aromatic carbocycles. The highest BCUT2D eigenvalue weighted by atomic mass is 32.1. The molecule has 156 valence electrons. The van der Waals surface area contributed by atoms with Crippen LogP contribution in [-0.2, 0) is 16.0 Å². The Morgan fingerprint density at radius 3 is 2.48 bits per heavy atom. The van der Waals surface area contributed by atoms with Gasteiger partial charge >= 0.3 is 0 Å². The molecule has 2 atom stereocenters. The highest BCUT2D eigenvalue weighted by Crippen LogP contribution is 2.38. The number of amides is 2. The van der Waals surface area contributed by atoms with Crippen LogP contribution >= 0.6 is 11.3 Å². The van der Waals surface area contributed by atoms with E-state index in [1.165, 1.54) is 16.0 Å². The summed E-state index contributed by atoms with van der Waals surface area (Å²) in [6.45, 7) is 10.8. The first-order valence-electron chi connectivity index (χ1n) is 10.6. The van der Waals surface area contributed by atoms with Crippen molar-refractivity contribution < 1.29 is 9.59 Å². The molecule has 0 unspecified atom stereocenters. The van der Waals surface area contributed by atoms with E-state index in [1.54, 1.807) is 16.2 Å². The van der Waals surface area contributed by atoms with Crippen LogP contribution in [0.15, 0.2) is 35.7 Å². The Kier molecular flexibility index (Phi) is 6.78. The molecule has 4 nitrogen and oxygen atoms in total. The van der Waals surface area contributed by atoms with E-state index in [1.807, 2.05) is 25.7 Å². The minimum Gasteiger partial charge on any atom is -0.330 e. The third-order valence-corrected chi connectivity index (χ3v) is 6.88. The lowest BCUT2D eigenvalue weighted by atomic mass is 9.92. The fourth-order valence-corrected chi connectivity index (χ4v) is 4.84. The number of carbonyl (C=O) groups excluding carboxylic acids is 2. The fourth-order valence-electron chi connectivity index (χ4n) is 3.93. The molecule has 2 amide bonds. The van der Waals surface area contributed by atoms with Crippen molar-refractivity contribution in [1.29, 1.82) is 0 Å². The molecule has 1 aliphatic heterocycles. The Bertz CT molecular complexity index is 856. The van der Waals surface area contributed by atoms with Gasteiger partial charge in [0.1, 0.15) is 6.54 Å². The molecule has 0 saturated carbocycles. The average Bonchev–Trinajstić information content (AvgIpc) is 3.19. The van der Waals surface area contributed by atoms with Crippen molar-refractivity contribution in [2.75, 3.05) is 13.1 Å². The summed E-state index contributed by atoms with van der Waals surface area (Å²) in [5.74, 6) is -0.0379. The fraction of sp³-hybridized carbons (Fsp3) is 0.500. The number of aryl methyl sites for hydroxylation is 1. The van der Waals surface area contributed by atoms with Crippen LogP contribution < -0.4 is 0 Å². The molecule has 0 aliphatic carbocycles. The van der Waals surface area contributed by atoms with Crippen molar-refractivity contribution >= 4 is 23.2 Å². The van der Waals surface area contributed by atoms with Crippen LogP contribution in [0.1, 0.15) is 61.7 Å². The molecule has 2 aromatic rings. The van der Waals surface area contributed by atoms with Gasteiger partial charge in [0, 0.05) is 23.4 Å². The molecule has 2 heterocycles. The van der Waals surface area contributed by atoms with Crippen LogP contribution in [0.25, 0.3) is 0 Å². The van der Waals surface area contributed by atoms with Crippen LogP contribution in [0, 0.1) is 12.8 Å². The Hall–Kier alpha value is -2.14. The molecule has 0 saturated heterocycles. The lowest BCUT2D eigenvalue weighted by Gasteiger charge is -2.39. The summed E-state index contributed by atoms with van der Waals surface area (Å²) in [6.07, 6.45) is 1.71. The van der Waals surface area contributed by atoms with E-state index in [0.29, 0.717) is 6.54 Å². The normalized spacial score (nSPS) is 17.2. The van der Waals surface area contributed by atoms with Gasteiger partial charge in [0.2, 0.25) is 11.8 Å². The molecule has 0 radical (unpaired) electrons. The Balaban J connectivity index is 1.91. The van der Waals surface area contributed by atoms with Gasteiger partial charge in [-0.3, -0.25) is 9.59 Å². The van der Waals surface area contributed by atoms with Crippen molar-refractivity contribution in [3.63, 3.8) is 0 Å². The maximum atomic E-state index is 13.5. The second-order valence-corrected chi connectivity index (χ2v) is 9.33. The van der Waals surface area contributed by atoms with Gasteiger partial charge in [-0.05, 0) is 49.3 Å². The summed E-state index contributed by atoms with van der Waals surface area (Å²) in [5.41, 5.74) is 3.57. The van der Waals surface area contributed by atoms with E-state index in [4.69, 9.17) is 0 Å². The number of carbonyl (C=O) groups is 2.